The summed E-state index contributed by atoms with van der Waals surface area (Å²) in [6.45, 7) is 4.68. The maximum Gasteiger partial charge on any atom is 0.174 e. The fraction of sp³-hybridized carbons (Fsp3) is 1.00. The molecule has 0 saturated carbocycles. The van der Waals surface area contributed by atoms with E-state index in [1.807, 2.05) is 0 Å². The standard InChI is InChI=1S/C4H12O2Si/c1-5-4-6-7(2)3/h7H,4H2,1-3H3. The Kier molecular flexibility index (Phi) is 4.38. The highest BCUT2D eigenvalue weighted by molar-refractivity contribution is 6.48. The van der Waals surface area contributed by atoms with Crippen molar-refractivity contribution in [2.45, 2.75) is 13.1 Å². The third kappa shape index (κ3) is 6.14. The van der Waals surface area contributed by atoms with E-state index in [0.29, 0.717) is 6.79 Å². The molecule has 7 heavy (non-hydrogen) atoms. The molecule has 3 heteroatoms. The molecule has 0 spiro atoms. The van der Waals surface area contributed by atoms with E-state index in [-0.39, 0.29) is 0 Å². The summed E-state index contributed by atoms with van der Waals surface area (Å²) in [5, 5.41) is 0. The lowest BCUT2D eigenvalue weighted by Gasteiger charge is -2.02. The van der Waals surface area contributed by atoms with Crippen molar-refractivity contribution < 1.29 is 9.16 Å². The minimum atomic E-state index is -0.813. The molecule has 44 valence electrons. The molecule has 0 aromatic carbocycles. The van der Waals surface area contributed by atoms with Crippen LogP contribution in [0.15, 0.2) is 0 Å². The van der Waals surface area contributed by atoms with Crippen molar-refractivity contribution in [1.29, 1.82) is 0 Å². The SMILES string of the molecule is COCO[SiH](C)C. The molecule has 0 aromatic rings. The lowest BCUT2D eigenvalue weighted by atomic mass is 11.4. The van der Waals surface area contributed by atoms with Crippen LogP contribution >= 0.6 is 0 Å². The van der Waals surface area contributed by atoms with Crippen LogP contribution < -0.4 is 0 Å². The van der Waals surface area contributed by atoms with E-state index in [9.17, 15) is 0 Å². The van der Waals surface area contributed by atoms with Crippen LogP contribution in [0.25, 0.3) is 0 Å². The lowest BCUT2D eigenvalue weighted by Crippen LogP contribution is -2.09. The molecular weight excluding hydrogens is 108 g/mol. The molecule has 0 aliphatic rings. The van der Waals surface area contributed by atoms with Gasteiger partial charge in [0.05, 0.1) is 0 Å². The van der Waals surface area contributed by atoms with Gasteiger partial charge in [0.2, 0.25) is 0 Å². The van der Waals surface area contributed by atoms with Crippen molar-refractivity contribution in [3.8, 4) is 0 Å². The fourth-order valence-corrected chi connectivity index (χ4v) is 0.612. The van der Waals surface area contributed by atoms with Gasteiger partial charge in [0.1, 0.15) is 6.79 Å². The summed E-state index contributed by atoms with van der Waals surface area (Å²) < 4.78 is 9.77. The number of methoxy groups -OCH3 is 1. The van der Waals surface area contributed by atoms with Crippen molar-refractivity contribution in [1.82, 2.24) is 0 Å². The molecule has 0 aliphatic carbocycles. The topological polar surface area (TPSA) is 18.5 Å². The molecule has 0 rings (SSSR count). The van der Waals surface area contributed by atoms with Crippen molar-refractivity contribution in [3.05, 3.63) is 0 Å². The molecule has 0 aromatic heterocycles. The van der Waals surface area contributed by atoms with Crippen LogP contribution in [0.3, 0.4) is 0 Å². The monoisotopic (exact) mass is 120 g/mol. The molecule has 0 fully saturated rings. The Hall–Kier alpha value is 0.137. The Bertz CT molecular complexity index is 38.7. The second-order valence-corrected chi connectivity index (χ2v) is 4.05. The smallest absolute Gasteiger partial charge is 0.174 e. The van der Waals surface area contributed by atoms with Crippen LogP contribution in [0.4, 0.5) is 0 Å². The Morgan fingerprint density at radius 3 is 2.14 bits per heavy atom. The molecule has 2 nitrogen and oxygen atoms in total. The van der Waals surface area contributed by atoms with Gasteiger partial charge in [-0.05, 0) is 13.1 Å². The Morgan fingerprint density at radius 2 is 2.00 bits per heavy atom. The second-order valence-electron chi connectivity index (χ2n) is 1.62. The molecule has 0 unspecified atom stereocenters. The van der Waals surface area contributed by atoms with Crippen LogP contribution in [0.2, 0.25) is 13.1 Å². The van der Waals surface area contributed by atoms with E-state index in [4.69, 9.17) is 4.43 Å². The van der Waals surface area contributed by atoms with E-state index in [2.05, 4.69) is 17.8 Å². The van der Waals surface area contributed by atoms with Crippen LogP contribution in [0.5, 0.6) is 0 Å². The molecule has 0 aliphatic heterocycles. The van der Waals surface area contributed by atoms with Gasteiger partial charge in [0.15, 0.2) is 9.04 Å². The van der Waals surface area contributed by atoms with Crippen molar-refractivity contribution in [3.63, 3.8) is 0 Å². The van der Waals surface area contributed by atoms with Crippen LogP contribution in [0, 0.1) is 0 Å². The number of ether oxygens (including phenoxy) is 1. The number of hydrogen-bond donors (Lipinski definition) is 0. The zero-order valence-electron chi connectivity index (χ0n) is 5.10. The Morgan fingerprint density at radius 1 is 1.43 bits per heavy atom. The van der Waals surface area contributed by atoms with E-state index in [1.54, 1.807) is 7.11 Å². The van der Waals surface area contributed by atoms with E-state index in [0.717, 1.165) is 0 Å². The summed E-state index contributed by atoms with van der Waals surface area (Å²) in [6, 6.07) is 0. The fourth-order valence-electron chi connectivity index (χ4n) is 0.204. The Balaban J connectivity index is 2.68. The van der Waals surface area contributed by atoms with Gasteiger partial charge in [-0.3, -0.25) is 0 Å². The molecule has 0 amide bonds. The van der Waals surface area contributed by atoms with Crippen LogP contribution in [-0.2, 0) is 9.16 Å². The minimum absolute atomic E-state index is 0.462. The first-order valence-electron chi connectivity index (χ1n) is 2.38. The third-order valence-electron chi connectivity index (χ3n) is 0.519. The largest absolute Gasteiger partial charge is 0.398 e. The molecule has 0 heterocycles. The summed E-state index contributed by atoms with van der Waals surface area (Å²) >= 11 is 0. The number of hydrogen-bond acceptors (Lipinski definition) is 2. The summed E-state index contributed by atoms with van der Waals surface area (Å²) in [4.78, 5) is 0. The average molecular weight is 120 g/mol. The second kappa shape index (κ2) is 4.30. The van der Waals surface area contributed by atoms with Gasteiger partial charge in [-0.15, -0.1) is 0 Å². The van der Waals surface area contributed by atoms with Gasteiger partial charge in [-0.2, -0.15) is 0 Å². The van der Waals surface area contributed by atoms with Crippen molar-refractivity contribution >= 4 is 9.04 Å². The normalized spacial score (nSPS) is 10.3. The summed E-state index contributed by atoms with van der Waals surface area (Å²) in [6.07, 6.45) is 0. The first-order valence-corrected chi connectivity index (χ1v) is 5.16. The van der Waals surface area contributed by atoms with Gasteiger partial charge >= 0.3 is 0 Å². The third-order valence-corrected chi connectivity index (χ3v) is 1.32. The Labute approximate surface area is 46.2 Å². The van der Waals surface area contributed by atoms with Gasteiger partial charge in [-0.1, -0.05) is 0 Å². The van der Waals surface area contributed by atoms with Crippen molar-refractivity contribution in [2.24, 2.45) is 0 Å². The molecule has 0 radical (unpaired) electrons. The predicted octanol–water partition coefficient (Wildman–Crippen LogP) is 0.590. The van der Waals surface area contributed by atoms with Gasteiger partial charge in [-0.25, -0.2) is 0 Å². The summed E-state index contributed by atoms with van der Waals surface area (Å²) in [5.41, 5.74) is 0. The first-order chi connectivity index (χ1) is 3.27. The summed E-state index contributed by atoms with van der Waals surface area (Å²) in [7, 11) is 0.823. The predicted molar refractivity (Wildman–Crippen MR) is 31.8 cm³/mol. The highest BCUT2D eigenvalue weighted by Crippen LogP contribution is 1.80. The quantitative estimate of drug-likeness (QED) is 0.401. The van der Waals surface area contributed by atoms with E-state index < -0.39 is 9.04 Å². The lowest BCUT2D eigenvalue weighted by molar-refractivity contribution is 0.0505. The number of rotatable bonds is 3. The van der Waals surface area contributed by atoms with Gasteiger partial charge in [0.25, 0.3) is 0 Å². The molecular formula is C4H12O2Si. The van der Waals surface area contributed by atoms with E-state index >= 15 is 0 Å². The molecule has 0 saturated heterocycles. The highest BCUT2D eigenvalue weighted by atomic mass is 28.3. The maximum absolute atomic E-state index is 5.11. The molecule has 0 N–H and O–H groups in total. The van der Waals surface area contributed by atoms with Crippen molar-refractivity contribution in [2.75, 3.05) is 13.9 Å². The van der Waals surface area contributed by atoms with Gasteiger partial charge < -0.3 is 9.16 Å². The van der Waals surface area contributed by atoms with E-state index in [1.165, 1.54) is 0 Å². The minimum Gasteiger partial charge on any atom is -0.398 e. The first kappa shape index (κ1) is 7.14. The molecule has 0 atom stereocenters. The zero-order valence-corrected chi connectivity index (χ0v) is 6.26. The zero-order chi connectivity index (χ0) is 5.70. The van der Waals surface area contributed by atoms with Gasteiger partial charge in [0, 0.05) is 7.11 Å². The van der Waals surface area contributed by atoms with Crippen LogP contribution in [0.1, 0.15) is 0 Å². The van der Waals surface area contributed by atoms with Crippen LogP contribution in [-0.4, -0.2) is 22.9 Å². The molecule has 0 bridgehead atoms. The maximum atomic E-state index is 5.11. The average Bonchev–Trinajstić information content (AvgIpc) is 1.61. The highest BCUT2D eigenvalue weighted by Gasteiger charge is 1.90. The summed E-state index contributed by atoms with van der Waals surface area (Å²) in [5.74, 6) is 0.